The molecule has 1 aliphatic heterocycles. The first-order valence-corrected chi connectivity index (χ1v) is 13.5. The number of aliphatic carboxylic acids is 1. The van der Waals surface area contributed by atoms with E-state index in [9.17, 15) is 31.9 Å². The summed E-state index contributed by atoms with van der Waals surface area (Å²) in [4.78, 5) is 54.2. The first-order chi connectivity index (χ1) is 21.5. The van der Waals surface area contributed by atoms with E-state index in [1.165, 1.54) is 38.6 Å². The minimum atomic E-state index is -5.08. The van der Waals surface area contributed by atoms with E-state index < -0.39 is 41.4 Å². The number of carbonyl (C=O) groups excluding carboxylic acids is 3. The lowest BCUT2D eigenvalue weighted by molar-refractivity contribution is -0.192. The van der Waals surface area contributed by atoms with Crippen LogP contribution in [0.2, 0.25) is 5.02 Å². The number of rotatable bonds is 6. The van der Waals surface area contributed by atoms with E-state index in [2.05, 4.69) is 41.3 Å². The third kappa shape index (κ3) is 8.71. The minimum Gasteiger partial charge on any atom is -0.475 e. The number of amides is 3. The van der Waals surface area contributed by atoms with Gasteiger partial charge in [-0.1, -0.05) is 37.6 Å². The Labute approximate surface area is 264 Å². The Kier molecular flexibility index (Phi) is 11.0. The molecule has 1 atom stereocenters. The zero-order valence-corrected chi connectivity index (χ0v) is 25.4. The summed E-state index contributed by atoms with van der Waals surface area (Å²) in [5.74, 6) is -4.08. The molecule has 4 rings (SSSR count). The molecule has 1 aliphatic rings. The van der Waals surface area contributed by atoms with Gasteiger partial charge in [0.25, 0.3) is 5.91 Å². The average Bonchev–Trinajstić information content (AvgIpc) is 3.07. The number of carbonyl (C=O) groups is 4. The standard InChI is InChI=1S/C26H27ClFN7O4.C2HF3O2/c1-26(2)11-19(33-25(38)39-4)23(37)32-18-10-13(8-9-15(18)26)31-24-30-12-16(27)21(35-24)34-20-14(22(36)29-3)6-5-7-17(20)28;3-2(4,5)1(6)7/h5-10,12,19H,11H2,1-4H3,(H,29,36)(H,32,37)(H,33,38)(H2,30,31,34,35);(H,6,7). The second-order valence-corrected chi connectivity index (χ2v) is 10.6. The Balaban J connectivity index is 0.000000738. The van der Waals surface area contributed by atoms with E-state index in [-0.39, 0.29) is 33.9 Å². The highest BCUT2D eigenvalue weighted by molar-refractivity contribution is 6.33. The van der Waals surface area contributed by atoms with Crippen molar-refractivity contribution < 1.29 is 46.6 Å². The predicted molar refractivity (Wildman–Crippen MR) is 159 cm³/mol. The van der Waals surface area contributed by atoms with Gasteiger partial charge in [-0.2, -0.15) is 18.2 Å². The molecule has 2 heterocycles. The molecule has 0 spiro atoms. The van der Waals surface area contributed by atoms with Crippen LogP contribution in [-0.2, 0) is 19.7 Å². The minimum absolute atomic E-state index is 0.0744. The fraction of sp³-hybridized carbons (Fsp3) is 0.286. The van der Waals surface area contributed by atoms with Crippen LogP contribution in [0, 0.1) is 5.82 Å². The maximum absolute atomic E-state index is 14.6. The number of halogens is 5. The van der Waals surface area contributed by atoms with Crippen molar-refractivity contribution in [2.75, 3.05) is 30.1 Å². The summed E-state index contributed by atoms with van der Waals surface area (Å²) >= 11 is 6.26. The number of hydrogen-bond acceptors (Lipinski definition) is 9. The van der Waals surface area contributed by atoms with Crippen LogP contribution in [0.25, 0.3) is 0 Å². The van der Waals surface area contributed by atoms with Gasteiger partial charge in [0.05, 0.1) is 24.6 Å². The Bertz CT molecular complexity index is 1660. The third-order valence-corrected chi connectivity index (χ3v) is 6.76. The lowest BCUT2D eigenvalue weighted by atomic mass is 9.79. The monoisotopic (exact) mass is 669 g/mol. The summed E-state index contributed by atoms with van der Waals surface area (Å²) in [6.45, 7) is 3.95. The molecule has 0 fully saturated rings. The number of alkyl carbamates (subject to hydrolysis) is 1. The lowest BCUT2D eigenvalue weighted by Gasteiger charge is -2.27. The summed E-state index contributed by atoms with van der Waals surface area (Å²) in [6, 6.07) is 8.69. The van der Waals surface area contributed by atoms with Crippen molar-refractivity contribution in [3.8, 4) is 0 Å². The quantitative estimate of drug-likeness (QED) is 0.193. The van der Waals surface area contributed by atoms with Gasteiger partial charge in [0.2, 0.25) is 11.9 Å². The van der Waals surface area contributed by atoms with E-state index in [0.717, 1.165) is 5.56 Å². The number of carboxylic acid groups (broad SMARTS) is 1. The summed E-state index contributed by atoms with van der Waals surface area (Å²) in [5.41, 5.74) is 1.50. The normalized spacial score (nSPS) is 15.1. The molecule has 46 heavy (non-hydrogen) atoms. The van der Waals surface area contributed by atoms with E-state index in [4.69, 9.17) is 21.5 Å². The van der Waals surface area contributed by atoms with Gasteiger partial charge < -0.3 is 36.4 Å². The Morgan fingerprint density at radius 2 is 1.83 bits per heavy atom. The van der Waals surface area contributed by atoms with Crippen molar-refractivity contribution in [2.45, 2.75) is 37.9 Å². The Hall–Kier alpha value is -5.19. The number of nitrogens with one attached hydrogen (secondary N) is 5. The van der Waals surface area contributed by atoms with E-state index >= 15 is 0 Å². The van der Waals surface area contributed by atoms with Gasteiger partial charge in [-0.05, 0) is 41.7 Å². The number of fused-ring (bicyclic) bond motifs is 1. The van der Waals surface area contributed by atoms with Gasteiger partial charge in [-0.25, -0.2) is 19.0 Å². The number of alkyl halides is 3. The number of hydrogen-bond donors (Lipinski definition) is 6. The van der Waals surface area contributed by atoms with Crippen LogP contribution in [-0.4, -0.2) is 65.3 Å². The number of nitrogens with zero attached hydrogens (tertiary/aromatic N) is 2. The molecule has 3 amide bonds. The van der Waals surface area contributed by atoms with Crippen LogP contribution in [0.1, 0.15) is 36.2 Å². The van der Waals surface area contributed by atoms with Gasteiger partial charge in [-0.3, -0.25) is 9.59 Å². The second-order valence-electron chi connectivity index (χ2n) is 10.2. The molecule has 0 bridgehead atoms. The van der Waals surface area contributed by atoms with Crippen LogP contribution in [0.4, 0.5) is 51.2 Å². The lowest BCUT2D eigenvalue weighted by Crippen LogP contribution is -2.45. The number of ether oxygens (including phenoxy) is 1. The zero-order chi connectivity index (χ0) is 34.4. The van der Waals surface area contributed by atoms with Crippen molar-refractivity contribution in [3.05, 3.63) is 64.6 Å². The molecule has 3 aromatic rings. The van der Waals surface area contributed by atoms with Crippen LogP contribution >= 0.6 is 11.6 Å². The van der Waals surface area contributed by atoms with Crippen molar-refractivity contribution in [2.24, 2.45) is 0 Å². The maximum atomic E-state index is 14.6. The molecular weight excluding hydrogens is 642 g/mol. The summed E-state index contributed by atoms with van der Waals surface area (Å²) in [5, 5.41) is 21.0. The fourth-order valence-electron chi connectivity index (χ4n) is 4.30. The Morgan fingerprint density at radius 1 is 1.15 bits per heavy atom. The third-order valence-electron chi connectivity index (χ3n) is 6.49. The number of methoxy groups -OCH3 is 1. The number of benzene rings is 2. The maximum Gasteiger partial charge on any atom is 0.490 e. The molecule has 0 saturated carbocycles. The molecule has 1 aromatic heterocycles. The van der Waals surface area contributed by atoms with E-state index in [1.807, 2.05) is 19.9 Å². The number of carboxylic acids is 1. The molecule has 13 nitrogen and oxygen atoms in total. The largest absolute Gasteiger partial charge is 0.490 e. The van der Waals surface area contributed by atoms with Crippen LogP contribution in [0.3, 0.4) is 0 Å². The number of aromatic nitrogens is 2. The average molecular weight is 670 g/mol. The van der Waals surface area contributed by atoms with Crippen molar-refractivity contribution in [1.29, 1.82) is 0 Å². The molecule has 2 aromatic carbocycles. The molecule has 6 N–H and O–H groups in total. The van der Waals surface area contributed by atoms with Gasteiger partial charge in [0, 0.05) is 18.4 Å². The van der Waals surface area contributed by atoms with Crippen molar-refractivity contribution >= 4 is 64.3 Å². The molecular formula is C28H28ClF4N7O6. The molecule has 18 heteroatoms. The highest BCUT2D eigenvalue weighted by Gasteiger charge is 2.38. The second kappa shape index (κ2) is 14.3. The SMILES string of the molecule is CNC(=O)c1cccc(F)c1Nc1nc(Nc2ccc3c(c2)NC(=O)C(NC(=O)OC)CC3(C)C)ncc1Cl.O=C(O)C(F)(F)F. The van der Waals surface area contributed by atoms with Crippen LogP contribution in [0.15, 0.2) is 42.6 Å². The first kappa shape index (κ1) is 35.3. The summed E-state index contributed by atoms with van der Waals surface area (Å²) in [7, 11) is 2.68. The van der Waals surface area contributed by atoms with Gasteiger partial charge in [0.15, 0.2) is 5.82 Å². The fourth-order valence-corrected chi connectivity index (χ4v) is 4.44. The molecule has 0 saturated heterocycles. The molecule has 246 valence electrons. The van der Waals surface area contributed by atoms with Gasteiger partial charge in [0.1, 0.15) is 16.9 Å². The Morgan fingerprint density at radius 3 is 2.43 bits per heavy atom. The molecule has 0 radical (unpaired) electrons. The van der Waals surface area contributed by atoms with Crippen LogP contribution < -0.4 is 26.6 Å². The van der Waals surface area contributed by atoms with Crippen molar-refractivity contribution in [3.63, 3.8) is 0 Å². The van der Waals surface area contributed by atoms with Crippen LogP contribution in [0.5, 0.6) is 0 Å². The topological polar surface area (TPSA) is 184 Å². The van der Waals surface area contributed by atoms with E-state index in [1.54, 1.807) is 12.1 Å². The highest BCUT2D eigenvalue weighted by atomic mass is 35.5. The summed E-state index contributed by atoms with van der Waals surface area (Å²) < 4.78 is 51.0. The smallest absolute Gasteiger partial charge is 0.475 e. The highest BCUT2D eigenvalue weighted by Crippen LogP contribution is 2.38. The first-order valence-electron chi connectivity index (χ1n) is 13.1. The van der Waals surface area contributed by atoms with Crippen molar-refractivity contribution in [1.82, 2.24) is 20.6 Å². The number of para-hydroxylation sites is 1. The van der Waals surface area contributed by atoms with Gasteiger partial charge in [-0.15, -0.1) is 0 Å². The van der Waals surface area contributed by atoms with E-state index in [0.29, 0.717) is 17.8 Å². The van der Waals surface area contributed by atoms with Gasteiger partial charge >= 0.3 is 18.2 Å². The predicted octanol–water partition coefficient (Wildman–Crippen LogP) is 5.09. The molecule has 1 unspecified atom stereocenters. The zero-order valence-electron chi connectivity index (χ0n) is 24.6. The summed E-state index contributed by atoms with van der Waals surface area (Å²) in [6.07, 6.45) is -4.09. The molecule has 0 aliphatic carbocycles. The number of anilines is 5.